The maximum absolute atomic E-state index is 12.4. The second-order valence-corrected chi connectivity index (χ2v) is 6.10. The number of hydrogen-bond acceptors (Lipinski definition) is 3. The van der Waals surface area contributed by atoms with E-state index in [4.69, 9.17) is 4.74 Å². The maximum Gasteiger partial charge on any atom is 0.241 e. The number of ether oxygens (including phenoxy) is 1. The van der Waals surface area contributed by atoms with Gasteiger partial charge in [0.15, 0.2) is 0 Å². The van der Waals surface area contributed by atoms with Crippen molar-refractivity contribution in [2.45, 2.75) is 51.4 Å². The van der Waals surface area contributed by atoms with E-state index < -0.39 is 0 Å². The monoisotopic (exact) mass is 288 g/mol. The molecule has 0 saturated carbocycles. The molecule has 1 aromatic carbocycles. The van der Waals surface area contributed by atoms with E-state index in [2.05, 4.69) is 24.4 Å². The van der Waals surface area contributed by atoms with E-state index in [1.54, 1.807) is 0 Å². The lowest BCUT2D eigenvalue weighted by atomic mass is 10.1. The van der Waals surface area contributed by atoms with Crippen molar-refractivity contribution < 1.29 is 9.53 Å². The Kier molecular flexibility index (Phi) is 4.27. The summed E-state index contributed by atoms with van der Waals surface area (Å²) in [6.45, 7) is 5.68. The summed E-state index contributed by atoms with van der Waals surface area (Å²) >= 11 is 0. The number of carbonyl (C=O) groups excluding carboxylic acids is 1. The SMILES string of the molecule is Cc1ccccc1C1NC(C)C(=O)N1CCC1CCCO1. The highest BCUT2D eigenvalue weighted by Crippen LogP contribution is 2.28. The largest absolute Gasteiger partial charge is 0.378 e. The number of rotatable bonds is 4. The molecule has 0 spiro atoms. The number of benzene rings is 1. The first kappa shape index (κ1) is 14.5. The second kappa shape index (κ2) is 6.16. The van der Waals surface area contributed by atoms with E-state index in [-0.39, 0.29) is 18.1 Å². The molecule has 2 fully saturated rings. The van der Waals surface area contributed by atoms with Gasteiger partial charge in [0, 0.05) is 13.2 Å². The molecule has 2 aliphatic heterocycles. The van der Waals surface area contributed by atoms with Crippen LogP contribution in [-0.4, -0.2) is 36.1 Å². The molecule has 21 heavy (non-hydrogen) atoms. The van der Waals surface area contributed by atoms with Crippen LogP contribution in [0.3, 0.4) is 0 Å². The number of nitrogens with zero attached hydrogens (tertiary/aromatic N) is 1. The molecule has 3 atom stereocenters. The van der Waals surface area contributed by atoms with E-state index in [0.29, 0.717) is 6.10 Å². The molecular formula is C17H24N2O2. The first-order valence-electron chi connectivity index (χ1n) is 7.90. The third-order valence-corrected chi connectivity index (χ3v) is 4.57. The minimum absolute atomic E-state index is 0.00453. The fourth-order valence-corrected chi connectivity index (χ4v) is 3.32. The summed E-state index contributed by atoms with van der Waals surface area (Å²) in [5.74, 6) is 0.196. The van der Waals surface area contributed by atoms with Crippen molar-refractivity contribution in [3.63, 3.8) is 0 Å². The van der Waals surface area contributed by atoms with Crippen LogP contribution in [0.4, 0.5) is 0 Å². The molecule has 3 unspecified atom stereocenters. The van der Waals surface area contributed by atoms with Crippen LogP contribution in [0, 0.1) is 6.92 Å². The second-order valence-electron chi connectivity index (χ2n) is 6.10. The van der Waals surface area contributed by atoms with E-state index in [9.17, 15) is 4.79 Å². The molecule has 2 saturated heterocycles. The highest BCUT2D eigenvalue weighted by Gasteiger charge is 2.37. The predicted octanol–water partition coefficient (Wildman–Crippen LogP) is 2.38. The van der Waals surface area contributed by atoms with Crippen LogP contribution in [0.15, 0.2) is 24.3 Å². The fraction of sp³-hybridized carbons (Fsp3) is 0.588. The molecular weight excluding hydrogens is 264 g/mol. The van der Waals surface area contributed by atoms with E-state index >= 15 is 0 Å². The minimum Gasteiger partial charge on any atom is -0.378 e. The lowest BCUT2D eigenvalue weighted by Crippen LogP contribution is -2.33. The van der Waals surface area contributed by atoms with Crippen LogP contribution in [0.25, 0.3) is 0 Å². The molecule has 4 nitrogen and oxygen atoms in total. The van der Waals surface area contributed by atoms with Gasteiger partial charge < -0.3 is 9.64 Å². The first-order chi connectivity index (χ1) is 10.2. The molecule has 0 aromatic heterocycles. The topological polar surface area (TPSA) is 41.6 Å². The van der Waals surface area contributed by atoms with Crippen molar-refractivity contribution in [2.24, 2.45) is 0 Å². The van der Waals surface area contributed by atoms with Gasteiger partial charge in [0.1, 0.15) is 6.17 Å². The molecule has 114 valence electrons. The lowest BCUT2D eigenvalue weighted by Gasteiger charge is -2.26. The van der Waals surface area contributed by atoms with Crippen LogP contribution in [0.5, 0.6) is 0 Å². The van der Waals surface area contributed by atoms with Gasteiger partial charge >= 0.3 is 0 Å². The van der Waals surface area contributed by atoms with Gasteiger partial charge in [-0.15, -0.1) is 0 Å². The van der Waals surface area contributed by atoms with E-state index in [1.807, 2.05) is 24.0 Å². The lowest BCUT2D eigenvalue weighted by molar-refractivity contribution is -0.130. The van der Waals surface area contributed by atoms with Gasteiger partial charge in [-0.2, -0.15) is 0 Å². The Balaban J connectivity index is 1.74. The summed E-state index contributed by atoms with van der Waals surface area (Å²) in [4.78, 5) is 14.4. The van der Waals surface area contributed by atoms with Crippen LogP contribution < -0.4 is 5.32 Å². The quantitative estimate of drug-likeness (QED) is 0.925. The van der Waals surface area contributed by atoms with Crippen LogP contribution in [0.1, 0.15) is 43.5 Å². The maximum atomic E-state index is 12.4. The molecule has 4 heteroatoms. The molecule has 0 aliphatic carbocycles. The Morgan fingerprint density at radius 2 is 2.19 bits per heavy atom. The molecule has 0 radical (unpaired) electrons. The molecule has 3 rings (SSSR count). The Labute approximate surface area is 126 Å². The smallest absolute Gasteiger partial charge is 0.241 e. The standard InChI is InChI=1S/C17H24N2O2/c1-12-6-3-4-8-15(12)16-18-13(2)17(20)19(16)10-9-14-7-5-11-21-14/h3-4,6,8,13-14,16,18H,5,7,9-11H2,1-2H3. The summed E-state index contributed by atoms with van der Waals surface area (Å²) in [5, 5.41) is 3.42. The van der Waals surface area contributed by atoms with Crippen molar-refractivity contribution in [3.8, 4) is 0 Å². The van der Waals surface area contributed by atoms with Crippen molar-refractivity contribution in [1.82, 2.24) is 10.2 Å². The summed E-state index contributed by atoms with van der Waals surface area (Å²) < 4.78 is 5.68. The predicted molar refractivity (Wildman–Crippen MR) is 81.8 cm³/mol. The van der Waals surface area contributed by atoms with Gasteiger partial charge in [0.05, 0.1) is 12.1 Å². The first-order valence-corrected chi connectivity index (χ1v) is 7.90. The number of hydrogen-bond donors (Lipinski definition) is 1. The average Bonchev–Trinajstić information content (AvgIpc) is 3.08. The van der Waals surface area contributed by atoms with Crippen LogP contribution in [-0.2, 0) is 9.53 Å². The van der Waals surface area contributed by atoms with Gasteiger partial charge in [-0.3, -0.25) is 10.1 Å². The molecule has 1 aromatic rings. The third kappa shape index (κ3) is 2.97. The molecule has 2 heterocycles. The highest BCUT2D eigenvalue weighted by atomic mass is 16.5. The Hall–Kier alpha value is -1.39. The van der Waals surface area contributed by atoms with Crippen molar-refractivity contribution in [2.75, 3.05) is 13.2 Å². The Bertz CT molecular complexity index is 511. The molecule has 1 N–H and O–H groups in total. The average molecular weight is 288 g/mol. The minimum atomic E-state index is -0.112. The van der Waals surface area contributed by atoms with Gasteiger partial charge in [0.25, 0.3) is 0 Å². The fourth-order valence-electron chi connectivity index (χ4n) is 3.32. The summed E-state index contributed by atoms with van der Waals surface area (Å²) in [5.41, 5.74) is 2.42. The molecule has 0 bridgehead atoms. The zero-order valence-corrected chi connectivity index (χ0v) is 12.8. The zero-order valence-electron chi connectivity index (χ0n) is 12.8. The number of amides is 1. The Morgan fingerprint density at radius 3 is 2.90 bits per heavy atom. The molecule has 2 aliphatic rings. The van der Waals surface area contributed by atoms with E-state index in [0.717, 1.165) is 32.4 Å². The van der Waals surface area contributed by atoms with Gasteiger partial charge in [-0.05, 0) is 44.2 Å². The van der Waals surface area contributed by atoms with Crippen molar-refractivity contribution in [1.29, 1.82) is 0 Å². The zero-order chi connectivity index (χ0) is 14.8. The Morgan fingerprint density at radius 1 is 1.38 bits per heavy atom. The van der Waals surface area contributed by atoms with Gasteiger partial charge in [0.2, 0.25) is 5.91 Å². The van der Waals surface area contributed by atoms with Crippen LogP contribution in [0.2, 0.25) is 0 Å². The third-order valence-electron chi connectivity index (χ3n) is 4.57. The normalized spacial score (nSPS) is 29.3. The molecule has 1 amide bonds. The van der Waals surface area contributed by atoms with Crippen LogP contribution >= 0.6 is 0 Å². The highest BCUT2D eigenvalue weighted by molar-refractivity contribution is 5.84. The summed E-state index contributed by atoms with van der Waals surface area (Å²) in [7, 11) is 0. The van der Waals surface area contributed by atoms with Crippen molar-refractivity contribution >= 4 is 5.91 Å². The van der Waals surface area contributed by atoms with Gasteiger partial charge in [-0.1, -0.05) is 24.3 Å². The van der Waals surface area contributed by atoms with Crippen molar-refractivity contribution in [3.05, 3.63) is 35.4 Å². The summed E-state index contributed by atoms with van der Waals surface area (Å²) in [6.07, 6.45) is 3.53. The number of carbonyl (C=O) groups is 1. The van der Waals surface area contributed by atoms with Gasteiger partial charge in [-0.25, -0.2) is 0 Å². The summed E-state index contributed by atoms with van der Waals surface area (Å²) in [6, 6.07) is 8.17. The van der Waals surface area contributed by atoms with E-state index in [1.165, 1.54) is 11.1 Å². The number of aryl methyl sites for hydroxylation is 1. The number of nitrogens with one attached hydrogen (secondary N) is 1.